The second kappa shape index (κ2) is 7.69. The van der Waals surface area contributed by atoms with Crippen molar-refractivity contribution in [3.8, 4) is 5.75 Å². The molecule has 0 atom stereocenters. The summed E-state index contributed by atoms with van der Waals surface area (Å²) in [7, 11) is -2.65. The second-order valence-corrected chi connectivity index (χ2v) is 7.18. The lowest BCUT2D eigenvalue weighted by Crippen LogP contribution is -2.15. The predicted octanol–water partition coefficient (Wildman–Crippen LogP) is 2.96. The Morgan fingerprint density at radius 2 is 1.96 bits per heavy atom. The molecule has 6 nitrogen and oxygen atoms in total. The van der Waals surface area contributed by atoms with Crippen LogP contribution >= 0.6 is 11.6 Å². The number of carbonyl (C=O) groups is 1. The lowest BCUT2D eigenvalue weighted by molar-refractivity contribution is -0.111. The third-order valence-corrected chi connectivity index (χ3v) is 4.70. The van der Waals surface area contributed by atoms with Crippen LogP contribution in [0.5, 0.6) is 5.75 Å². The first-order chi connectivity index (χ1) is 11.7. The quantitative estimate of drug-likeness (QED) is 0.779. The van der Waals surface area contributed by atoms with Gasteiger partial charge in [0.2, 0.25) is 15.9 Å². The number of rotatable bonds is 5. The molecule has 1 amide bonds. The maximum Gasteiger partial charge on any atom is 0.248 e. The van der Waals surface area contributed by atoms with E-state index in [-0.39, 0.29) is 16.3 Å². The lowest BCUT2D eigenvalue weighted by Gasteiger charge is -2.09. The van der Waals surface area contributed by atoms with Gasteiger partial charge in [0.25, 0.3) is 0 Å². The minimum Gasteiger partial charge on any atom is -0.495 e. The standard InChI is InChI=1S/C17H17ClN2O4S/c1-11-3-4-12(9-14(11)18)5-8-17(21)20-13-6-7-15(24-2)16(10-13)25(19,22)23/h3-10H,1-2H3,(H,20,21)(H2,19,22,23)/b8-5+. The van der Waals surface area contributed by atoms with Crippen LogP contribution in [-0.2, 0) is 14.8 Å². The van der Waals surface area contributed by atoms with Crippen molar-refractivity contribution in [2.45, 2.75) is 11.8 Å². The van der Waals surface area contributed by atoms with Crippen LogP contribution in [0.15, 0.2) is 47.4 Å². The molecule has 0 unspecified atom stereocenters. The van der Waals surface area contributed by atoms with Gasteiger partial charge in [-0.15, -0.1) is 0 Å². The summed E-state index contributed by atoms with van der Waals surface area (Å²) in [6.07, 6.45) is 2.92. The summed E-state index contributed by atoms with van der Waals surface area (Å²) >= 11 is 6.03. The van der Waals surface area contributed by atoms with Crippen molar-refractivity contribution in [2.24, 2.45) is 5.14 Å². The fourth-order valence-electron chi connectivity index (χ4n) is 2.05. The van der Waals surface area contributed by atoms with Crippen LogP contribution < -0.4 is 15.2 Å². The Hall–Kier alpha value is -2.35. The molecule has 0 bridgehead atoms. The molecule has 2 aromatic rings. The molecular weight excluding hydrogens is 364 g/mol. The number of methoxy groups -OCH3 is 1. The summed E-state index contributed by atoms with van der Waals surface area (Å²) in [6.45, 7) is 1.88. The van der Waals surface area contributed by atoms with Gasteiger partial charge in [-0.1, -0.05) is 23.7 Å². The SMILES string of the molecule is COc1ccc(NC(=O)/C=C/c2ccc(C)c(Cl)c2)cc1S(N)(=O)=O. The number of benzene rings is 2. The molecule has 0 radical (unpaired) electrons. The first-order valence-corrected chi connectivity index (χ1v) is 9.09. The van der Waals surface area contributed by atoms with Crippen molar-refractivity contribution in [2.75, 3.05) is 12.4 Å². The van der Waals surface area contributed by atoms with Crippen LogP contribution in [-0.4, -0.2) is 21.4 Å². The second-order valence-electron chi connectivity index (χ2n) is 5.24. The smallest absolute Gasteiger partial charge is 0.248 e. The Balaban J connectivity index is 2.17. The molecule has 132 valence electrons. The maximum atomic E-state index is 12.0. The van der Waals surface area contributed by atoms with Crippen LogP contribution in [0.25, 0.3) is 6.08 Å². The lowest BCUT2D eigenvalue weighted by atomic mass is 10.1. The number of hydrogen-bond donors (Lipinski definition) is 2. The van der Waals surface area contributed by atoms with Crippen molar-refractivity contribution in [1.29, 1.82) is 0 Å². The number of carbonyl (C=O) groups excluding carboxylic acids is 1. The number of sulfonamides is 1. The minimum atomic E-state index is -3.98. The summed E-state index contributed by atoms with van der Waals surface area (Å²) < 4.78 is 28.1. The molecule has 0 saturated carbocycles. The molecule has 0 aliphatic heterocycles. The van der Waals surface area contributed by atoms with Crippen molar-refractivity contribution in [3.63, 3.8) is 0 Å². The van der Waals surface area contributed by atoms with Crippen molar-refractivity contribution in [1.82, 2.24) is 0 Å². The van der Waals surface area contributed by atoms with E-state index in [0.717, 1.165) is 11.1 Å². The third-order valence-electron chi connectivity index (χ3n) is 3.36. The number of anilines is 1. The van der Waals surface area contributed by atoms with Gasteiger partial charge in [-0.2, -0.15) is 0 Å². The van der Waals surface area contributed by atoms with Gasteiger partial charge < -0.3 is 10.1 Å². The molecule has 0 aliphatic rings. The highest BCUT2D eigenvalue weighted by Crippen LogP contribution is 2.26. The Kier molecular flexibility index (Phi) is 5.84. The van der Waals surface area contributed by atoms with E-state index in [4.69, 9.17) is 21.5 Å². The van der Waals surface area contributed by atoms with Gasteiger partial charge in [0.15, 0.2) is 0 Å². The van der Waals surface area contributed by atoms with Gasteiger partial charge in [-0.25, -0.2) is 13.6 Å². The Morgan fingerprint density at radius 3 is 2.56 bits per heavy atom. The Morgan fingerprint density at radius 1 is 1.24 bits per heavy atom. The van der Waals surface area contributed by atoms with Gasteiger partial charge >= 0.3 is 0 Å². The summed E-state index contributed by atoms with van der Waals surface area (Å²) in [6, 6.07) is 9.59. The van der Waals surface area contributed by atoms with Crippen LogP contribution in [0, 0.1) is 6.92 Å². The molecule has 25 heavy (non-hydrogen) atoms. The number of aryl methyl sites for hydroxylation is 1. The van der Waals surface area contributed by atoms with E-state index in [9.17, 15) is 13.2 Å². The van der Waals surface area contributed by atoms with Crippen LogP contribution in [0.1, 0.15) is 11.1 Å². The number of ether oxygens (including phenoxy) is 1. The first kappa shape index (κ1) is 19.0. The Labute approximate surface area is 151 Å². The molecule has 0 spiro atoms. The third kappa shape index (κ3) is 5.06. The van der Waals surface area contributed by atoms with Crippen molar-refractivity contribution in [3.05, 3.63) is 58.6 Å². The predicted molar refractivity (Wildman–Crippen MR) is 98.2 cm³/mol. The first-order valence-electron chi connectivity index (χ1n) is 7.17. The van der Waals surface area contributed by atoms with E-state index in [0.29, 0.717) is 5.02 Å². The van der Waals surface area contributed by atoms with Crippen LogP contribution in [0.2, 0.25) is 5.02 Å². The van der Waals surface area contributed by atoms with E-state index in [2.05, 4.69) is 5.32 Å². The molecule has 2 rings (SSSR count). The highest BCUT2D eigenvalue weighted by molar-refractivity contribution is 7.89. The molecule has 0 saturated heterocycles. The summed E-state index contributed by atoms with van der Waals surface area (Å²) in [4.78, 5) is 11.8. The zero-order valence-electron chi connectivity index (χ0n) is 13.6. The molecule has 0 heterocycles. The monoisotopic (exact) mass is 380 g/mol. The fraction of sp³-hybridized carbons (Fsp3) is 0.118. The van der Waals surface area contributed by atoms with Crippen molar-refractivity contribution >= 4 is 39.3 Å². The maximum absolute atomic E-state index is 12.0. The molecule has 8 heteroatoms. The normalized spacial score (nSPS) is 11.5. The van der Waals surface area contributed by atoms with Gasteiger partial charge in [0, 0.05) is 16.8 Å². The molecule has 0 fully saturated rings. The van der Waals surface area contributed by atoms with E-state index in [1.807, 2.05) is 19.1 Å². The van der Waals surface area contributed by atoms with Crippen molar-refractivity contribution < 1.29 is 17.9 Å². The van der Waals surface area contributed by atoms with Gasteiger partial charge in [-0.3, -0.25) is 4.79 Å². The average Bonchev–Trinajstić information content (AvgIpc) is 2.55. The van der Waals surface area contributed by atoms with Gasteiger partial charge in [0.1, 0.15) is 10.6 Å². The number of hydrogen-bond acceptors (Lipinski definition) is 4. The fourth-order valence-corrected chi connectivity index (χ4v) is 2.96. The van der Waals surface area contributed by atoms with E-state index >= 15 is 0 Å². The van der Waals surface area contributed by atoms with Gasteiger partial charge in [0.05, 0.1) is 7.11 Å². The summed E-state index contributed by atoms with van der Waals surface area (Å²) in [5, 5.41) is 8.32. The van der Waals surface area contributed by atoms with E-state index in [1.54, 1.807) is 12.1 Å². The number of amides is 1. The number of nitrogens with two attached hydrogens (primary N) is 1. The number of nitrogens with one attached hydrogen (secondary N) is 1. The highest BCUT2D eigenvalue weighted by atomic mass is 35.5. The summed E-state index contributed by atoms with van der Waals surface area (Å²) in [5.74, 6) is -0.326. The number of primary sulfonamides is 1. The zero-order chi connectivity index (χ0) is 18.6. The average molecular weight is 381 g/mol. The zero-order valence-corrected chi connectivity index (χ0v) is 15.2. The minimum absolute atomic E-state index is 0.102. The van der Waals surface area contributed by atoms with E-state index in [1.165, 1.54) is 31.4 Å². The molecule has 2 aromatic carbocycles. The number of halogens is 1. The molecule has 0 aromatic heterocycles. The van der Waals surface area contributed by atoms with Crippen LogP contribution in [0.4, 0.5) is 5.69 Å². The molecule has 0 aliphatic carbocycles. The largest absolute Gasteiger partial charge is 0.495 e. The van der Waals surface area contributed by atoms with Crippen LogP contribution in [0.3, 0.4) is 0 Å². The Bertz CT molecular complexity index is 940. The van der Waals surface area contributed by atoms with E-state index < -0.39 is 15.9 Å². The summed E-state index contributed by atoms with van der Waals surface area (Å²) in [5.41, 5.74) is 1.99. The molecular formula is C17H17ClN2O4S. The molecule has 3 N–H and O–H groups in total. The van der Waals surface area contributed by atoms with Gasteiger partial charge in [-0.05, 0) is 48.4 Å². The highest BCUT2D eigenvalue weighted by Gasteiger charge is 2.16. The topological polar surface area (TPSA) is 98.5 Å².